The summed E-state index contributed by atoms with van der Waals surface area (Å²) in [5.74, 6) is -1.07. The van der Waals surface area contributed by atoms with Crippen LogP contribution in [0.25, 0.3) is 0 Å². The van der Waals surface area contributed by atoms with Gasteiger partial charge in [0.15, 0.2) is 0 Å². The monoisotopic (exact) mass is 354 g/mol. The van der Waals surface area contributed by atoms with Crippen LogP contribution in [0, 0.1) is 0 Å². The van der Waals surface area contributed by atoms with Gasteiger partial charge in [0.05, 0.1) is 12.2 Å². The molecule has 0 N–H and O–H groups in total. The smallest absolute Gasteiger partial charge is 0.352 e. The second kappa shape index (κ2) is 10.4. The zero-order chi connectivity index (χ0) is 18.8. The van der Waals surface area contributed by atoms with Crippen molar-refractivity contribution in [1.82, 2.24) is 0 Å². The van der Waals surface area contributed by atoms with Crippen LogP contribution in [0.4, 0.5) is 0 Å². The molecule has 0 aromatic heterocycles. The number of rotatable bonds is 9. The average molecular weight is 354 g/mol. The molecule has 2 aromatic carbocycles. The van der Waals surface area contributed by atoms with E-state index in [0.717, 1.165) is 25.7 Å². The van der Waals surface area contributed by atoms with Crippen LogP contribution in [0.3, 0.4) is 0 Å². The minimum Gasteiger partial charge on any atom is -0.463 e. The highest BCUT2D eigenvalue weighted by Crippen LogP contribution is 2.21. The van der Waals surface area contributed by atoms with E-state index in [4.69, 9.17) is 9.47 Å². The second-order valence-corrected chi connectivity index (χ2v) is 6.16. The largest absolute Gasteiger partial charge is 0.463 e. The first-order valence-corrected chi connectivity index (χ1v) is 9.17. The molecule has 0 heterocycles. The Morgan fingerprint density at radius 3 is 2.23 bits per heavy atom. The molecule has 0 amide bonds. The van der Waals surface area contributed by atoms with E-state index >= 15 is 0 Å². The average Bonchev–Trinajstić information content (AvgIpc) is 2.67. The lowest BCUT2D eigenvalue weighted by Gasteiger charge is -2.17. The summed E-state index contributed by atoms with van der Waals surface area (Å²) in [6, 6.07) is 16.2. The van der Waals surface area contributed by atoms with E-state index in [-0.39, 0.29) is 0 Å². The molecular formula is C22H26O4. The topological polar surface area (TPSA) is 52.6 Å². The van der Waals surface area contributed by atoms with E-state index in [0.29, 0.717) is 17.7 Å². The number of hydrogen-bond donors (Lipinski definition) is 0. The van der Waals surface area contributed by atoms with Gasteiger partial charge in [0.2, 0.25) is 6.10 Å². The number of aryl methyl sites for hydroxylation is 1. The van der Waals surface area contributed by atoms with Crippen molar-refractivity contribution in [3.05, 3.63) is 71.3 Å². The predicted molar refractivity (Wildman–Crippen MR) is 101 cm³/mol. The molecule has 4 nitrogen and oxygen atoms in total. The quantitative estimate of drug-likeness (QED) is 0.476. The lowest BCUT2D eigenvalue weighted by atomic mass is 10.1. The standard InChI is InChI=1S/C22H26O4/c1-3-5-16-25-22(24)20(18-10-7-6-8-11-18)26-21(23)19-14-12-17(9-4-2)13-15-19/h6-8,10-15,20H,3-5,9,16H2,1-2H3. The van der Waals surface area contributed by atoms with E-state index in [1.807, 2.05) is 25.1 Å². The van der Waals surface area contributed by atoms with Gasteiger partial charge in [-0.15, -0.1) is 0 Å². The SMILES string of the molecule is CCCCOC(=O)C(OC(=O)c1ccc(CCC)cc1)c1ccccc1. The summed E-state index contributed by atoms with van der Waals surface area (Å²) in [5.41, 5.74) is 2.19. The molecule has 2 aromatic rings. The maximum Gasteiger partial charge on any atom is 0.352 e. The van der Waals surface area contributed by atoms with Crippen LogP contribution in [-0.4, -0.2) is 18.5 Å². The van der Waals surface area contributed by atoms with Crippen LogP contribution in [-0.2, 0) is 20.7 Å². The van der Waals surface area contributed by atoms with Gasteiger partial charge in [0.1, 0.15) is 0 Å². The van der Waals surface area contributed by atoms with Crippen molar-refractivity contribution in [3.8, 4) is 0 Å². The number of hydrogen-bond acceptors (Lipinski definition) is 4. The summed E-state index contributed by atoms with van der Waals surface area (Å²) >= 11 is 0. The van der Waals surface area contributed by atoms with Gasteiger partial charge in [0.25, 0.3) is 0 Å². The zero-order valence-electron chi connectivity index (χ0n) is 15.4. The molecule has 0 fully saturated rings. The lowest BCUT2D eigenvalue weighted by molar-refractivity contribution is -0.154. The maximum atomic E-state index is 12.5. The van der Waals surface area contributed by atoms with Gasteiger partial charge in [-0.1, -0.05) is 69.2 Å². The molecule has 0 bridgehead atoms. The molecular weight excluding hydrogens is 328 g/mol. The molecule has 0 saturated carbocycles. The Hall–Kier alpha value is -2.62. The van der Waals surface area contributed by atoms with Crippen molar-refractivity contribution in [1.29, 1.82) is 0 Å². The van der Waals surface area contributed by atoms with E-state index in [2.05, 4.69) is 6.92 Å². The van der Waals surface area contributed by atoms with Crippen LogP contribution in [0.5, 0.6) is 0 Å². The second-order valence-electron chi connectivity index (χ2n) is 6.16. The number of esters is 2. The molecule has 0 aliphatic rings. The van der Waals surface area contributed by atoms with Gasteiger partial charge in [0, 0.05) is 5.56 Å². The highest BCUT2D eigenvalue weighted by molar-refractivity contribution is 5.91. The Morgan fingerprint density at radius 2 is 1.62 bits per heavy atom. The fourth-order valence-corrected chi connectivity index (χ4v) is 2.54. The summed E-state index contributed by atoms with van der Waals surface area (Å²) in [5, 5.41) is 0. The Balaban J connectivity index is 2.12. The first kappa shape index (κ1) is 19.7. The normalized spacial score (nSPS) is 11.6. The Bertz CT molecular complexity index is 692. The Labute approximate surface area is 155 Å². The Kier molecular flexibility index (Phi) is 7.87. The molecule has 0 saturated heterocycles. The number of benzene rings is 2. The van der Waals surface area contributed by atoms with Gasteiger partial charge in [-0.2, -0.15) is 0 Å². The van der Waals surface area contributed by atoms with E-state index in [9.17, 15) is 9.59 Å². The molecule has 138 valence electrons. The predicted octanol–water partition coefficient (Wildman–Crippen LogP) is 4.88. The van der Waals surface area contributed by atoms with Crippen LogP contribution >= 0.6 is 0 Å². The van der Waals surface area contributed by atoms with Gasteiger partial charge in [-0.3, -0.25) is 0 Å². The summed E-state index contributed by atoms with van der Waals surface area (Å²) in [7, 11) is 0. The molecule has 2 rings (SSSR count). The fraction of sp³-hybridized carbons (Fsp3) is 0.364. The van der Waals surface area contributed by atoms with Crippen LogP contribution in [0.15, 0.2) is 54.6 Å². The third-order valence-electron chi connectivity index (χ3n) is 4.01. The van der Waals surface area contributed by atoms with Crippen molar-refractivity contribution >= 4 is 11.9 Å². The summed E-state index contributed by atoms with van der Waals surface area (Å²) in [6.07, 6.45) is 2.65. The molecule has 26 heavy (non-hydrogen) atoms. The Morgan fingerprint density at radius 1 is 0.923 bits per heavy atom. The highest BCUT2D eigenvalue weighted by Gasteiger charge is 2.27. The molecule has 4 heteroatoms. The van der Waals surface area contributed by atoms with Crippen molar-refractivity contribution in [3.63, 3.8) is 0 Å². The van der Waals surface area contributed by atoms with Crippen LogP contribution in [0.1, 0.15) is 60.7 Å². The van der Waals surface area contributed by atoms with Crippen LogP contribution in [0.2, 0.25) is 0 Å². The molecule has 0 radical (unpaired) electrons. The van der Waals surface area contributed by atoms with Gasteiger partial charge >= 0.3 is 11.9 Å². The van der Waals surface area contributed by atoms with Gasteiger partial charge in [-0.25, -0.2) is 9.59 Å². The molecule has 1 unspecified atom stereocenters. The summed E-state index contributed by atoms with van der Waals surface area (Å²) < 4.78 is 10.8. The van der Waals surface area contributed by atoms with Crippen molar-refractivity contribution < 1.29 is 19.1 Å². The third kappa shape index (κ3) is 5.73. The van der Waals surface area contributed by atoms with Gasteiger partial charge < -0.3 is 9.47 Å². The first-order valence-electron chi connectivity index (χ1n) is 9.17. The molecule has 0 aliphatic heterocycles. The van der Waals surface area contributed by atoms with E-state index in [1.165, 1.54) is 5.56 Å². The fourth-order valence-electron chi connectivity index (χ4n) is 2.54. The van der Waals surface area contributed by atoms with Crippen molar-refractivity contribution in [2.45, 2.75) is 45.6 Å². The highest BCUT2D eigenvalue weighted by atomic mass is 16.6. The zero-order valence-corrected chi connectivity index (χ0v) is 15.4. The lowest BCUT2D eigenvalue weighted by Crippen LogP contribution is -2.22. The maximum absolute atomic E-state index is 12.5. The van der Waals surface area contributed by atoms with Gasteiger partial charge in [-0.05, 0) is 30.5 Å². The number of carbonyl (C=O) groups is 2. The van der Waals surface area contributed by atoms with E-state index in [1.54, 1.807) is 36.4 Å². The molecule has 0 aliphatic carbocycles. The summed E-state index contributed by atoms with van der Waals surface area (Å²) in [6.45, 7) is 4.45. The summed E-state index contributed by atoms with van der Waals surface area (Å²) in [4.78, 5) is 24.9. The van der Waals surface area contributed by atoms with Crippen LogP contribution < -0.4 is 0 Å². The van der Waals surface area contributed by atoms with E-state index < -0.39 is 18.0 Å². The first-order chi connectivity index (χ1) is 12.7. The van der Waals surface area contributed by atoms with Crippen molar-refractivity contribution in [2.24, 2.45) is 0 Å². The minimum atomic E-state index is -1.06. The molecule has 0 spiro atoms. The van der Waals surface area contributed by atoms with Crippen molar-refractivity contribution in [2.75, 3.05) is 6.61 Å². The number of unbranched alkanes of at least 4 members (excludes halogenated alkanes) is 1. The molecule has 1 atom stereocenters. The number of ether oxygens (including phenoxy) is 2. The number of carbonyl (C=O) groups excluding carboxylic acids is 2. The third-order valence-corrected chi connectivity index (χ3v) is 4.01. The minimum absolute atomic E-state index is 0.321.